The molecule has 0 bridgehead atoms. The summed E-state index contributed by atoms with van der Waals surface area (Å²) in [6, 6.07) is 0.855. The maximum Gasteiger partial charge on any atom is 0.418 e. The largest absolute Gasteiger partial charge is 0.480 e. The number of carbonyl (C=O) groups is 1. The van der Waals surface area contributed by atoms with Gasteiger partial charge in [0.1, 0.15) is 23.6 Å². The van der Waals surface area contributed by atoms with Crippen molar-refractivity contribution >= 4 is 17.2 Å². The van der Waals surface area contributed by atoms with Crippen molar-refractivity contribution in [2.24, 2.45) is 5.92 Å². The maximum atomic E-state index is 15.0. The third-order valence-corrected chi connectivity index (χ3v) is 7.77. The molecule has 0 spiro atoms. The highest BCUT2D eigenvalue weighted by Gasteiger charge is 2.45. The number of halogens is 6. The molecule has 4 atom stereocenters. The summed E-state index contributed by atoms with van der Waals surface area (Å²) in [5.41, 5.74) is 4.09. The quantitative estimate of drug-likeness (QED) is 0.431. The lowest BCUT2D eigenvalue weighted by Crippen LogP contribution is -2.43. The van der Waals surface area contributed by atoms with Gasteiger partial charge in [0, 0.05) is 43.7 Å². The number of nitrogen functional groups attached to an aromatic ring is 1. The highest BCUT2D eigenvalue weighted by molar-refractivity contribution is 5.98. The summed E-state index contributed by atoms with van der Waals surface area (Å²) in [7, 11) is 1.26. The van der Waals surface area contributed by atoms with Crippen LogP contribution in [-0.2, 0) is 6.18 Å². The number of likely N-dealkylation sites (tertiary alicyclic amines) is 1. The van der Waals surface area contributed by atoms with Crippen molar-refractivity contribution in [1.82, 2.24) is 29.8 Å². The van der Waals surface area contributed by atoms with E-state index in [1.807, 2.05) is 0 Å². The molecule has 5 rings (SSSR count). The molecule has 4 heterocycles. The number of alkyl halides is 6. The zero-order valence-corrected chi connectivity index (χ0v) is 21.6. The molecule has 9 nitrogen and oxygen atoms in total. The average Bonchev–Trinajstić information content (AvgIpc) is 3.58. The Bertz CT molecular complexity index is 1430. The van der Waals surface area contributed by atoms with Crippen LogP contribution in [0.3, 0.4) is 0 Å². The lowest BCUT2D eigenvalue weighted by atomic mass is 9.98. The SMILES string of the molecule is COc1ncc(-c2cc(C(F)(F)F)c3c(N)ncnn23)cc1C(=O)N[C@@H]1CN(C(C)C2CCC(F)(F)C2)C[C@@H]1F. The van der Waals surface area contributed by atoms with Crippen LogP contribution in [0.15, 0.2) is 24.7 Å². The summed E-state index contributed by atoms with van der Waals surface area (Å²) >= 11 is 0. The van der Waals surface area contributed by atoms with E-state index in [1.165, 1.54) is 19.4 Å². The van der Waals surface area contributed by atoms with Gasteiger partial charge in [0.25, 0.3) is 5.91 Å². The first-order valence-electron chi connectivity index (χ1n) is 12.6. The van der Waals surface area contributed by atoms with Gasteiger partial charge < -0.3 is 15.8 Å². The first-order valence-corrected chi connectivity index (χ1v) is 12.6. The Kier molecular flexibility index (Phi) is 7.04. The highest BCUT2D eigenvalue weighted by Crippen LogP contribution is 2.42. The molecule has 3 aromatic rings. The number of pyridine rings is 1. The van der Waals surface area contributed by atoms with Gasteiger partial charge in [-0.05, 0) is 31.4 Å². The second-order valence-electron chi connectivity index (χ2n) is 10.3. The lowest BCUT2D eigenvalue weighted by molar-refractivity contribution is -0.136. The normalized spacial score (nSPS) is 23.9. The van der Waals surface area contributed by atoms with Gasteiger partial charge in [-0.25, -0.2) is 27.7 Å². The lowest BCUT2D eigenvalue weighted by Gasteiger charge is -2.29. The molecule has 40 heavy (non-hydrogen) atoms. The Balaban J connectivity index is 1.40. The molecular formula is C25H27F6N7O2. The van der Waals surface area contributed by atoms with Crippen LogP contribution < -0.4 is 15.8 Å². The summed E-state index contributed by atoms with van der Waals surface area (Å²) < 4.78 is 89.8. The molecule has 3 N–H and O–H groups in total. The van der Waals surface area contributed by atoms with Crippen molar-refractivity contribution in [1.29, 1.82) is 0 Å². The number of fused-ring (bicyclic) bond motifs is 1. The van der Waals surface area contributed by atoms with Crippen molar-refractivity contribution in [2.75, 3.05) is 25.9 Å². The van der Waals surface area contributed by atoms with Gasteiger partial charge in [-0.1, -0.05) is 0 Å². The van der Waals surface area contributed by atoms with E-state index in [0.717, 1.165) is 16.9 Å². The van der Waals surface area contributed by atoms with Crippen molar-refractivity contribution in [3.05, 3.63) is 35.8 Å². The zero-order chi connectivity index (χ0) is 29.0. The van der Waals surface area contributed by atoms with Crippen LogP contribution in [0, 0.1) is 5.92 Å². The van der Waals surface area contributed by atoms with E-state index < -0.39 is 41.3 Å². The Morgan fingerprint density at radius 1 is 1.25 bits per heavy atom. The molecule has 0 aromatic carbocycles. The number of amides is 1. The van der Waals surface area contributed by atoms with Gasteiger partial charge in [0.05, 0.1) is 24.4 Å². The minimum absolute atomic E-state index is 0.0267. The molecule has 15 heteroatoms. The van der Waals surface area contributed by atoms with Crippen LogP contribution >= 0.6 is 0 Å². The first-order chi connectivity index (χ1) is 18.8. The number of carbonyl (C=O) groups excluding carboxylic acids is 1. The predicted molar refractivity (Wildman–Crippen MR) is 132 cm³/mol. The molecule has 3 aromatic heterocycles. The fourth-order valence-corrected chi connectivity index (χ4v) is 5.61. The van der Waals surface area contributed by atoms with Crippen LogP contribution in [0.4, 0.5) is 32.2 Å². The minimum atomic E-state index is -4.77. The van der Waals surface area contributed by atoms with Crippen molar-refractivity contribution < 1.29 is 35.9 Å². The number of rotatable bonds is 6. The smallest absolute Gasteiger partial charge is 0.418 e. The van der Waals surface area contributed by atoms with E-state index in [4.69, 9.17) is 10.5 Å². The van der Waals surface area contributed by atoms with Gasteiger partial charge in [-0.15, -0.1) is 0 Å². The summed E-state index contributed by atoms with van der Waals surface area (Å²) in [5.74, 6) is -4.27. The van der Waals surface area contributed by atoms with Crippen molar-refractivity contribution in [3.63, 3.8) is 0 Å². The van der Waals surface area contributed by atoms with E-state index in [9.17, 15) is 31.1 Å². The molecule has 1 aliphatic carbocycles. The van der Waals surface area contributed by atoms with Gasteiger partial charge in [0.2, 0.25) is 11.8 Å². The number of methoxy groups -OCH3 is 1. The number of nitrogens with two attached hydrogens (primary N) is 1. The van der Waals surface area contributed by atoms with Gasteiger partial charge in [-0.3, -0.25) is 9.69 Å². The molecule has 216 valence electrons. The highest BCUT2D eigenvalue weighted by atomic mass is 19.4. The fourth-order valence-electron chi connectivity index (χ4n) is 5.61. The van der Waals surface area contributed by atoms with E-state index in [0.29, 0.717) is 6.42 Å². The Morgan fingerprint density at radius 3 is 2.65 bits per heavy atom. The van der Waals surface area contributed by atoms with E-state index in [1.54, 1.807) is 11.8 Å². The van der Waals surface area contributed by atoms with Crippen LogP contribution in [0.1, 0.15) is 42.1 Å². The monoisotopic (exact) mass is 571 g/mol. The van der Waals surface area contributed by atoms with E-state index in [2.05, 4.69) is 20.4 Å². The molecule has 1 amide bonds. The molecule has 2 unspecified atom stereocenters. The maximum absolute atomic E-state index is 15.0. The first kappa shape index (κ1) is 27.9. The van der Waals surface area contributed by atoms with Crippen molar-refractivity contribution in [2.45, 2.75) is 56.5 Å². The third-order valence-electron chi connectivity index (χ3n) is 7.77. The summed E-state index contributed by atoms with van der Waals surface area (Å²) in [6.45, 7) is 1.87. The summed E-state index contributed by atoms with van der Waals surface area (Å²) in [4.78, 5) is 22.7. The number of anilines is 1. The molecule has 2 fully saturated rings. The fraction of sp³-hybridized carbons (Fsp3) is 0.520. The number of aromatic nitrogens is 4. The topological polar surface area (TPSA) is 111 Å². The van der Waals surface area contributed by atoms with E-state index >= 15 is 0 Å². The zero-order valence-electron chi connectivity index (χ0n) is 21.6. The molecule has 1 saturated carbocycles. The number of hydrogen-bond acceptors (Lipinski definition) is 7. The Hall–Kier alpha value is -3.62. The Morgan fingerprint density at radius 2 is 2.00 bits per heavy atom. The summed E-state index contributed by atoms with van der Waals surface area (Å²) in [5, 5.41) is 6.50. The number of ether oxygens (including phenoxy) is 1. The van der Waals surface area contributed by atoms with Crippen molar-refractivity contribution in [3.8, 4) is 17.1 Å². The molecule has 1 saturated heterocycles. The van der Waals surface area contributed by atoms with Gasteiger partial charge in [-0.2, -0.15) is 18.3 Å². The van der Waals surface area contributed by atoms with Gasteiger partial charge in [0.15, 0.2) is 5.82 Å². The Labute approximate surface area is 224 Å². The second kappa shape index (κ2) is 10.1. The standard InChI is InChI=1S/C25H27F6N7O2/c1-12(13-3-4-24(27,28)7-13)37-9-17(26)18(10-37)36-22(39)15-5-14(8-33-23(15)40-2)19-6-16(25(29,30)31)20-21(32)34-11-35-38(19)20/h5-6,8,11-13,17-18H,3-4,7,9-10H2,1-2H3,(H,36,39)(H2,32,34,35)/t12?,13?,17-,18+/m0/s1. The average molecular weight is 572 g/mol. The molecular weight excluding hydrogens is 544 g/mol. The summed E-state index contributed by atoms with van der Waals surface area (Å²) in [6.07, 6.45) is -4.12. The molecule has 2 aliphatic rings. The third kappa shape index (κ3) is 5.13. The van der Waals surface area contributed by atoms with Gasteiger partial charge >= 0.3 is 6.18 Å². The number of hydrogen-bond donors (Lipinski definition) is 2. The minimum Gasteiger partial charge on any atom is -0.480 e. The number of nitrogens with one attached hydrogen (secondary N) is 1. The second-order valence-corrected chi connectivity index (χ2v) is 10.3. The van der Waals surface area contributed by atoms with Crippen LogP contribution in [0.2, 0.25) is 0 Å². The molecule has 1 aliphatic heterocycles. The predicted octanol–water partition coefficient (Wildman–Crippen LogP) is 3.98. The molecule has 0 radical (unpaired) electrons. The van der Waals surface area contributed by atoms with E-state index in [-0.39, 0.29) is 66.4 Å². The van der Waals surface area contributed by atoms with Crippen LogP contribution in [0.5, 0.6) is 5.88 Å². The van der Waals surface area contributed by atoms with Crippen LogP contribution in [0.25, 0.3) is 16.8 Å². The van der Waals surface area contributed by atoms with Crippen LogP contribution in [-0.4, -0.2) is 74.8 Å². The number of nitrogens with zero attached hydrogens (tertiary/aromatic N) is 5.